The van der Waals surface area contributed by atoms with E-state index in [1.807, 2.05) is 0 Å². The molecule has 1 saturated carbocycles. The summed E-state index contributed by atoms with van der Waals surface area (Å²) < 4.78 is 5.17. The predicted octanol–water partition coefficient (Wildman–Crippen LogP) is 1.22. The van der Waals surface area contributed by atoms with E-state index in [9.17, 15) is 0 Å². The highest BCUT2D eigenvalue weighted by Crippen LogP contribution is 2.22. The third-order valence-corrected chi connectivity index (χ3v) is 3.42. The minimum atomic E-state index is 0.442. The van der Waals surface area contributed by atoms with E-state index in [1.54, 1.807) is 7.11 Å². The van der Waals surface area contributed by atoms with E-state index in [-0.39, 0.29) is 0 Å². The van der Waals surface area contributed by atoms with Crippen molar-refractivity contribution in [2.45, 2.75) is 50.7 Å². The van der Waals surface area contributed by atoms with E-state index in [0.29, 0.717) is 18.1 Å². The van der Waals surface area contributed by atoms with Crippen LogP contribution in [0.4, 0.5) is 0 Å². The molecule has 1 fully saturated rings. The predicted molar refractivity (Wildman–Crippen MR) is 59.3 cm³/mol. The number of nitrogens with zero attached hydrogens (tertiary/aromatic N) is 1. The molecule has 0 spiro atoms. The number of likely N-dealkylation sites (N-methyl/N-ethyl adjacent to an activating group) is 1. The van der Waals surface area contributed by atoms with Gasteiger partial charge < -0.3 is 10.5 Å². The van der Waals surface area contributed by atoms with Crippen molar-refractivity contribution >= 4 is 0 Å². The maximum absolute atomic E-state index is 5.89. The number of nitrogens with two attached hydrogens (primary N) is 1. The molecule has 0 aromatic carbocycles. The molecule has 1 aliphatic carbocycles. The molecule has 3 nitrogen and oxygen atoms in total. The Morgan fingerprint density at radius 1 is 1.36 bits per heavy atom. The van der Waals surface area contributed by atoms with Crippen molar-refractivity contribution in [1.29, 1.82) is 0 Å². The first-order chi connectivity index (χ1) is 6.65. The van der Waals surface area contributed by atoms with Crippen LogP contribution in [-0.2, 0) is 4.74 Å². The third kappa shape index (κ3) is 3.23. The average molecular weight is 200 g/mol. The second-order valence-electron chi connectivity index (χ2n) is 4.54. The first kappa shape index (κ1) is 12.0. The van der Waals surface area contributed by atoms with Crippen LogP contribution in [-0.4, -0.2) is 43.8 Å². The lowest BCUT2D eigenvalue weighted by molar-refractivity contribution is 0.0736. The van der Waals surface area contributed by atoms with E-state index >= 15 is 0 Å². The molecular weight excluding hydrogens is 176 g/mol. The van der Waals surface area contributed by atoms with Gasteiger partial charge in [0.15, 0.2) is 0 Å². The minimum absolute atomic E-state index is 0.442. The number of rotatable bonds is 4. The molecule has 0 radical (unpaired) electrons. The molecule has 0 saturated heterocycles. The number of hydrogen-bond acceptors (Lipinski definition) is 3. The van der Waals surface area contributed by atoms with Crippen LogP contribution in [0.2, 0.25) is 0 Å². The highest BCUT2D eigenvalue weighted by atomic mass is 16.5. The van der Waals surface area contributed by atoms with E-state index in [1.165, 1.54) is 25.7 Å². The molecule has 1 rings (SSSR count). The molecule has 84 valence electrons. The molecule has 2 N–H and O–H groups in total. The summed E-state index contributed by atoms with van der Waals surface area (Å²) >= 11 is 0. The smallest absolute Gasteiger partial charge is 0.0615 e. The second-order valence-corrected chi connectivity index (χ2v) is 4.54. The van der Waals surface area contributed by atoms with Gasteiger partial charge in [-0.05, 0) is 39.7 Å². The Hall–Kier alpha value is -0.120. The van der Waals surface area contributed by atoms with Crippen LogP contribution in [0.3, 0.4) is 0 Å². The Morgan fingerprint density at radius 3 is 2.43 bits per heavy atom. The first-order valence-electron chi connectivity index (χ1n) is 5.61. The lowest BCUT2D eigenvalue weighted by Crippen LogP contribution is -2.44. The zero-order chi connectivity index (χ0) is 10.6. The standard InChI is InChI=1S/C11H24N2O/c1-9(8-14-3)13(2)11-6-4-10(12)5-7-11/h9-11H,4-8,12H2,1-3H3. The molecule has 0 bridgehead atoms. The molecule has 0 aromatic heterocycles. The van der Waals surface area contributed by atoms with Gasteiger partial charge in [-0.2, -0.15) is 0 Å². The van der Waals surface area contributed by atoms with Crippen LogP contribution in [0.1, 0.15) is 32.6 Å². The van der Waals surface area contributed by atoms with Crippen LogP contribution in [0.25, 0.3) is 0 Å². The lowest BCUT2D eigenvalue weighted by atomic mass is 9.90. The quantitative estimate of drug-likeness (QED) is 0.741. The normalized spacial score (nSPS) is 30.6. The number of ether oxygens (including phenoxy) is 1. The van der Waals surface area contributed by atoms with Crippen LogP contribution < -0.4 is 5.73 Å². The number of hydrogen-bond donors (Lipinski definition) is 1. The van der Waals surface area contributed by atoms with Crippen molar-refractivity contribution in [1.82, 2.24) is 4.90 Å². The van der Waals surface area contributed by atoms with Gasteiger partial charge in [-0.3, -0.25) is 4.90 Å². The average Bonchev–Trinajstić information content (AvgIpc) is 2.18. The Morgan fingerprint density at radius 2 is 1.93 bits per heavy atom. The minimum Gasteiger partial charge on any atom is -0.383 e. The van der Waals surface area contributed by atoms with E-state index in [4.69, 9.17) is 10.5 Å². The summed E-state index contributed by atoms with van der Waals surface area (Å²) in [5, 5.41) is 0. The summed E-state index contributed by atoms with van der Waals surface area (Å²) in [6.07, 6.45) is 4.83. The van der Waals surface area contributed by atoms with Crippen LogP contribution in [0.15, 0.2) is 0 Å². The Balaban J connectivity index is 2.33. The van der Waals surface area contributed by atoms with Crippen molar-refractivity contribution in [3.63, 3.8) is 0 Å². The zero-order valence-corrected chi connectivity index (χ0v) is 9.70. The molecule has 14 heavy (non-hydrogen) atoms. The van der Waals surface area contributed by atoms with Gasteiger partial charge in [-0.1, -0.05) is 0 Å². The Labute approximate surface area is 87.6 Å². The number of methoxy groups -OCH3 is 1. The van der Waals surface area contributed by atoms with Crippen molar-refractivity contribution < 1.29 is 4.74 Å². The molecule has 0 aromatic rings. The molecule has 0 heterocycles. The van der Waals surface area contributed by atoms with Gasteiger partial charge in [0.2, 0.25) is 0 Å². The van der Waals surface area contributed by atoms with Gasteiger partial charge in [0.25, 0.3) is 0 Å². The van der Waals surface area contributed by atoms with Gasteiger partial charge in [-0.25, -0.2) is 0 Å². The summed E-state index contributed by atoms with van der Waals surface area (Å²) in [4.78, 5) is 2.44. The SMILES string of the molecule is COCC(C)N(C)C1CCC(N)CC1. The molecule has 1 atom stereocenters. The first-order valence-corrected chi connectivity index (χ1v) is 5.61. The van der Waals surface area contributed by atoms with Crippen LogP contribution >= 0.6 is 0 Å². The summed E-state index contributed by atoms with van der Waals surface area (Å²) in [6, 6.07) is 1.66. The Bertz CT molecular complexity index is 155. The van der Waals surface area contributed by atoms with Gasteiger partial charge in [0, 0.05) is 25.2 Å². The maximum Gasteiger partial charge on any atom is 0.0615 e. The van der Waals surface area contributed by atoms with Crippen LogP contribution in [0.5, 0.6) is 0 Å². The molecule has 0 aliphatic heterocycles. The Kier molecular flexibility index (Phi) is 4.85. The largest absolute Gasteiger partial charge is 0.383 e. The second kappa shape index (κ2) is 5.69. The highest BCUT2D eigenvalue weighted by molar-refractivity contribution is 4.81. The molecule has 1 unspecified atom stereocenters. The summed E-state index contributed by atoms with van der Waals surface area (Å²) in [5.41, 5.74) is 5.89. The fourth-order valence-corrected chi connectivity index (χ4v) is 2.23. The molecular formula is C11H24N2O. The third-order valence-electron chi connectivity index (χ3n) is 3.42. The van der Waals surface area contributed by atoms with E-state index < -0.39 is 0 Å². The van der Waals surface area contributed by atoms with Crippen molar-refractivity contribution in [2.24, 2.45) is 5.73 Å². The van der Waals surface area contributed by atoms with Gasteiger partial charge >= 0.3 is 0 Å². The maximum atomic E-state index is 5.89. The monoisotopic (exact) mass is 200 g/mol. The van der Waals surface area contributed by atoms with Crippen molar-refractivity contribution in [3.05, 3.63) is 0 Å². The van der Waals surface area contributed by atoms with Gasteiger partial charge in [-0.15, -0.1) is 0 Å². The van der Waals surface area contributed by atoms with Crippen molar-refractivity contribution in [2.75, 3.05) is 20.8 Å². The van der Waals surface area contributed by atoms with E-state index in [2.05, 4.69) is 18.9 Å². The fraction of sp³-hybridized carbons (Fsp3) is 1.00. The van der Waals surface area contributed by atoms with Crippen molar-refractivity contribution in [3.8, 4) is 0 Å². The topological polar surface area (TPSA) is 38.5 Å². The zero-order valence-electron chi connectivity index (χ0n) is 9.70. The summed E-state index contributed by atoms with van der Waals surface area (Å²) in [5.74, 6) is 0. The van der Waals surface area contributed by atoms with Crippen LogP contribution in [0, 0.1) is 0 Å². The molecule has 1 aliphatic rings. The summed E-state index contributed by atoms with van der Waals surface area (Å²) in [6.45, 7) is 3.04. The van der Waals surface area contributed by atoms with Gasteiger partial charge in [0.05, 0.1) is 6.61 Å². The van der Waals surface area contributed by atoms with Gasteiger partial charge in [0.1, 0.15) is 0 Å². The lowest BCUT2D eigenvalue weighted by Gasteiger charge is -2.36. The summed E-state index contributed by atoms with van der Waals surface area (Å²) in [7, 11) is 3.96. The molecule has 3 heteroatoms. The highest BCUT2D eigenvalue weighted by Gasteiger charge is 2.24. The molecule has 0 amide bonds. The fourth-order valence-electron chi connectivity index (χ4n) is 2.23. The van der Waals surface area contributed by atoms with E-state index in [0.717, 1.165) is 6.61 Å².